The van der Waals surface area contributed by atoms with Crippen LogP contribution in [0.15, 0.2) is 72.1 Å². The van der Waals surface area contributed by atoms with Crippen LogP contribution in [0.1, 0.15) is 38.5 Å². The van der Waals surface area contributed by atoms with Crippen molar-refractivity contribution in [3.05, 3.63) is 99.4 Å². The standard InChI is InChI=1S/C27H23N3O2S/c31-24(28-16-18-7-2-1-3-8-18)17-29-27(32)25-21-10-4-5-11-23(21)30-26-19(12-13-22(25)26)15-20-9-6-14-33-20/h1-11,14-15H,12-13,16-17H2,(H,28,31)(H,29,32)/b19-15+. The number of thiophene rings is 1. The number of para-hydroxylation sites is 1. The molecule has 0 unspecified atom stereocenters. The first-order valence-corrected chi connectivity index (χ1v) is 11.8. The molecule has 0 atom stereocenters. The normalized spacial score (nSPS) is 13.8. The number of carbonyl (C=O) groups excluding carboxylic acids is 2. The number of hydrogen-bond donors (Lipinski definition) is 2. The van der Waals surface area contributed by atoms with Crippen LogP contribution in [-0.2, 0) is 17.8 Å². The van der Waals surface area contributed by atoms with Gasteiger partial charge in [0.25, 0.3) is 5.91 Å². The first-order valence-electron chi connectivity index (χ1n) is 10.9. The molecule has 0 fully saturated rings. The molecule has 2 heterocycles. The zero-order valence-electron chi connectivity index (χ0n) is 18.0. The van der Waals surface area contributed by atoms with Crippen molar-refractivity contribution < 1.29 is 9.59 Å². The molecule has 0 aliphatic heterocycles. The summed E-state index contributed by atoms with van der Waals surface area (Å²) >= 11 is 1.68. The molecule has 0 spiro atoms. The van der Waals surface area contributed by atoms with E-state index in [4.69, 9.17) is 4.98 Å². The highest BCUT2D eigenvalue weighted by molar-refractivity contribution is 7.10. The van der Waals surface area contributed by atoms with E-state index in [1.54, 1.807) is 11.3 Å². The topological polar surface area (TPSA) is 71.1 Å². The average molecular weight is 454 g/mol. The van der Waals surface area contributed by atoms with Gasteiger partial charge in [-0.05, 0) is 53.1 Å². The van der Waals surface area contributed by atoms with Crippen molar-refractivity contribution >= 4 is 45.7 Å². The summed E-state index contributed by atoms with van der Waals surface area (Å²) in [6, 6.07) is 21.5. The van der Waals surface area contributed by atoms with Crippen molar-refractivity contribution in [3.63, 3.8) is 0 Å². The molecule has 5 nitrogen and oxygen atoms in total. The van der Waals surface area contributed by atoms with Gasteiger partial charge in [-0.25, -0.2) is 4.98 Å². The van der Waals surface area contributed by atoms with Gasteiger partial charge in [-0.1, -0.05) is 54.6 Å². The summed E-state index contributed by atoms with van der Waals surface area (Å²) in [5.41, 5.74) is 5.42. The number of aromatic nitrogens is 1. The summed E-state index contributed by atoms with van der Waals surface area (Å²) in [5, 5.41) is 8.54. The number of nitrogens with one attached hydrogen (secondary N) is 2. The lowest BCUT2D eigenvalue weighted by Gasteiger charge is -2.13. The summed E-state index contributed by atoms with van der Waals surface area (Å²) in [5.74, 6) is -0.461. The van der Waals surface area contributed by atoms with E-state index in [2.05, 4.69) is 28.2 Å². The smallest absolute Gasteiger partial charge is 0.252 e. The van der Waals surface area contributed by atoms with Crippen molar-refractivity contribution in [3.8, 4) is 0 Å². The monoisotopic (exact) mass is 453 g/mol. The van der Waals surface area contributed by atoms with Gasteiger partial charge in [0.1, 0.15) is 0 Å². The minimum absolute atomic E-state index is 0.0744. The van der Waals surface area contributed by atoms with Gasteiger partial charge in [0.2, 0.25) is 5.91 Å². The Balaban J connectivity index is 1.38. The summed E-state index contributed by atoms with van der Waals surface area (Å²) in [6.45, 7) is 0.356. The SMILES string of the molecule is O=C(CNC(=O)c1c2c(nc3ccccc13)/C(=C/c1cccs1)CC2)NCc1ccccc1. The van der Waals surface area contributed by atoms with Crippen LogP contribution >= 0.6 is 11.3 Å². The van der Waals surface area contributed by atoms with Gasteiger partial charge in [-0.2, -0.15) is 0 Å². The third kappa shape index (κ3) is 4.56. The van der Waals surface area contributed by atoms with Gasteiger partial charge in [0.15, 0.2) is 0 Å². The number of carbonyl (C=O) groups is 2. The quantitative estimate of drug-likeness (QED) is 0.439. The minimum atomic E-state index is -0.239. The molecule has 2 N–H and O–H groups in total. The van der Waals surface area contributed by atoms with Gasteiger partial charge in [0, 0.05) is 16.8 Å². The predicted molar refractivity (Wildman–Crippen MR) is 133 cm³/mol. The van der Waals surface area contributed by atoms with Crippen LogP contribution in [0.4, 0.5) is 0 Å². The highest BCUT2D eigenvalue weighted by Gasteiger charge is 2.27. The lowest BCUT2D eigenvalue weighted by atomic mass is 10.00. The maximum atomic E-state index is 13.3. The lowest BCUT2D eigenvalue weighted by molar-refractivity contribution is -0.120. The Hall–Kier alpha value is -3.77. The maximum absolute atomic E-state index is 13.3. The van der Waals surface area contributed by atoms with E-state index in [0.29, 0.717) is 12.1 Å². The van der Waals surface area contributed by atoms with Crippen molar-refractivity contribution in [1.29, 1.82) is 0 Å². The molecule has 0 saturated heterocycles. The van der Waals surface area contributed by atoms with Crippen molar-refractivity contribution in [2.24, 2.45) is 0 Å². The third-order valence-electron chi connectivity index (χ3n) is 5.77. The van der Waals surface area contributed by atoms with E-state index in [-0.39, 0.29) is 18.4 Å². The molecular weight excluding hydrogens is 430 g/mol. The second kappa shape index (κ2) is 9.38. The number of rotatable bonds is 6. The van der Waals surface area contributed by atoms with Crippen LogP contribution in [0.5, 0.6) is 0 Å². The van der Waals surface area contributed by atoms with Crippen LogP contribution < -0.4 is 10.6 Å². The Morgan fingerprint density at radius 2 is 1.76 bits per heavy atom. The second-order valence-corrected chi connectivity index (χ2v) is 8.94. The highest BCUT2D eigenvalue weighted by Crippen LogP contribution is 2.37. The number of allylic oxidation sites excluding steroid dienone is 1. The molecular formula is C27H23N3O2S. The van der Waals surface area contributed by atoms with Crippen molar-refractivity contribution in [2.45, 2.75) is 19.4 Å². The average Bonchev–Trinajstić information content (AvgIpc) is 3.51. The molecule has 0 radical (unpaired) electrons. The molecule has 4 aromatic rings. The molecule has 5 rings (SSSR count). The van der Waals surface area contributed by atoms with E-state index < -0.39 is 0 Å². The molecule has 0 bridgehead atoms. The molecule has 0 saturated carbocycles. The lowest BCUT2D eigenvalue weighted by Crippen LogP contribution is -2.37. The van der Waals surface area contributed by atoms with Gasteiger partial charge in [-0.3, -0.25) is 9.59 Å². The van der Waals surface area contributed by atoms with E-state index >= 15 is 0 Å². The zero-order chi connectivity index (χ0) is 22.6. The van der Waals surface area contributed by atoms with Crippen LogP contribution in [0.2, 0.25) is 0 Å². The molecule has 2 amide bonds. The van der Waals surface area contributed by atoms with Crippen LogP contribution in [0, 0.1) is 0 Å². The summed E-state index contributed by atoms with van der Waals surface area (Å²) in [4.78, 5) is 31.7. The predicted octanol–water partition coefficient (Wildman–Crippen LogP) is 4.83. The summed E-state index contributed by atoms with van der Waals surface area (Å²) in [6.07, 6.45) is 3.76. The number of fused-ring (bicyclic) bond motifs is 2. The van der Waals surface area contributed by atoms with Crippen molar-refractivity contribution in [1.82, 2.24) is 15.6 Å². The fourth-order valence-electron chi connectivity index (χ4n) is 4.19. The van der Waals surface area contributed by atoms with Gasteiger partial charge < -0.3 is 10.6 Å². The summed E-state index contributed by atoms with van der Waals surface area (Å²) in [7, 11) is 0. The molecule has 1 aliphatic carbocycles. The Morgan fingerprint density at radius 1 is 0.939 bits per heavy atom. The number of pyridine rings is 1. The first kappa shape index (κ1) is 21.1. The number of nitrogens with zero attached hydrogens (tertiary/aromatic N) is 1. The fourth-order valence-corrected chi connectivity index (χ4v) is 4.87. The Morgan fingerprint density at radius 3 is 2.58 bits per heavy atom. The Bertz CT molecular complexity index is 1340. The van der Waals surface area contributed by atoms with Crippen LogP contribution in [-0.4, -0.2) is 23.3 Å². The third-order valence-corrected chi connectivity index (χ3v) is 6.59. The summed E-state index contributed by atoms with van der Waals surface area (Å²) < 4.78 is 0. The molecule has 164 valence electrons. The molecule has 2 aromatic heterocycles. The Labute approximate surface area is 196 Å². The van der Waals surface area contributed by atoms with Crippen molar-refractivity contribution in [2.75, 3.05) is 6.54 Å². The maximum Gasteiger partial charge on any atom is 0.252 e. The van der Waals surface area contributed by atoms with Crippen LogP contribution in [0.3, 0.4) is 0 Å². The Kier molecular flexibility index (Phi) is 6.00. The first-order chi connectivity index (χ1) is 16.2. The highest BCUT2D eigenvalue weighted by atomic mass is 32.1. The van der Waals surface area contributed by atoms with Gasteiger partial charge >= 0.3 is 0 Å². The van der Waals surface area contributed by atoms with Crippen LogP contribution in [0.25, 0.3) is 22.6 Å². The van der Waals surface area contributed by atoms with Gasteiger partial charge in [0.05, 0.1) is 23.3 Å². The largest absolute Gasteiger partial charge is 0.350 e. The molecule has 6 heteroatoms. The van der Waals surface area contributed by atoms with E-state index in [1.807, 2.05) is 60.7 Å². The number of hydrogen-bond acceptors (Lipinski definition) is 4. The molecule has 1 aliphatic rings. The van der Waals surface area contributed by atoms with E-state index in [1.165, 1.54) is 4.88 Å². The fraction of sp³-hybridized carbons (Fsp3) is 0.148. The number of benzene rings is 2. The number of amides is 2. The van der Waals surface area contributed by atoms with E-state index in [0.717, 1.165) is 46.1 Å². The molecule has 33 heavy (non-hydrogen) atoms. The van der Waals surface area contributed by atoms with E-state index in [9.17, 15) is 9.59 Å². The van der Waals surface area contributed by atoms with Gasteiger partial charge in [-0.15, -0.1) is 11.3 Å². The second-order valence-electron chi connectivity index (χ2n) is 7.96. The zero-order valence-corrected chi connectivity index (χ0v) is 18.8. The molecule has 2 aromatic carbocycles. The minimum Gasteiger partial charge on any atom is -0.350 e.